The van der Waals surface area contributed by atoms with Crippen molar-refractivity contribution in [1.29, 1.82) is 0 Å². The van der Waals surface area contributed by atoms with E-state index in [2.05, 4.69) is 6.58 Å². The van der Waals surface area contributed by atoms with E-state index in [9.17, 15) is 5.11 Å². The number of aliphatic hydroxyl groups is 1. The van der Waals surface area contributed by atoms with Crippen molar-refractivity contribution in [1.82, 2.24) is 0 Å². The molecule has 0 radical (unpaired) electrons. The van der Waals surface area contributed by atoms with Gasteiger partial charge in [0.2, 0.25) is 0 Å². The summed E-state index contributed by atoms with van der Waals surface area (Å²) in [5.74, 6) is -1.38. The summed E-state index contributed by atoms with van der Waals surface area (Å²) in [4.78, 5) is 0. The molecule has 0 spiro atoms. The predicted molar refractivity (Wildman–Crippen MR) is 87.2 cm³/mol. The van der Waals surface area contributed by atoms with Gasteiger partial charge >= 0.3 is 0 Å². The van der Waals surface area contributed by atoms with Gasteiger partial charge in [-0.15, -0.1) is 6.58 Å². The summed E-state index contributed by atoms with van der Waals surface area (Å²) < 4.78 is 30.1. The lowest BCUT2D eigenvalue weighted by molar-refractivity contribution is -0.235. The van der Waals surface area contributed by atoms with Crippen molar-refractivity contribution in [3.8, 4) is 0 Å². The molecule has 0 saturated carbocycles. The van der Waals surface area contributed by atoms with Gasteiger partial charge in [-0.05, 0) is 53.4 Å². The summed E-state index contributed by atoms with van der Waals surface area (Å²) in [6.45, 7) is 11.2. The van der Waals surface area contributed by atoms with Crippen LogP contribution in [0.1, 0.15) is 53.4 Å². The average Bonchev–Trinajstić information content (AvgIpc) is 2.96. The van der Waals surface area contributed by atoms with Crippen LogP contribution in [0.2, 0.25) is 0 Å². The maximum absolute atomic E-state index is 10.1. The summed E-state index contributed by atoms with van der Waals surface area (Å²) in [7, 11) is 0. The fraction of sp³-hybridized carbons (Fsp3) is 0.889. The predicted octanol–water partition coefficient (Wildman–Crippen LogP) is 2.49. The molecule has 6 heteroatoms. The zero-order valence-electron chi connectivity index (χ0n) is 15.1. The van der Waals surface area contributed by atoms with E-state index in [4.69, 9.17) is 23.7 Å². The Morgan fingerprint density at radius 1 is 0.958 bits per heavy atom. The molecule has 0 aliphatic carbocycles. The van der Waals surface area contributed by atoms with Crippen LogP contribution < -0.4 is 0 Å². The van der Waals surface area contributed by atoms with E-state index < -0.39 is 17.9 Å². The van der Waals surface area contributed by atoms with E-state index in [1.165, 1.54) is 0 Å². The van der Waals surface area contributed by atoms with E-state index in [1.54, 1.807) is 0 Å². The van der Waals surface area contributed by atoms with Crippen LogP contribution in [-0.4, -0.2) is 53.5 Å². The van der Waals surface area contributed by atoms with Crippen molar-refractivity contribution in [2.75, 3.05) is 0 Å². The molecule has 24 heavy (non-hydrogen) atoms. The molecule has 0 bridgehead atoms. The molecule has 0 amide bonds. The second-order valence-electron chi connectivity index (χ2n) is 7.81. The minimum atomic E-state index is -0.700. The van der Waals surface area contributed by atoms with Crippen LogP contribution in [0.5, 0.6) is 0 Å². The Bertz CT molecular complexity index is 462. The zero-order chi connectivity index (χ0) is 17.5. The van der Waals surface area contributed by atoms with Crippen molar-refractivity contribution in [2.24, 2.45) is 0 Å². The molecule has 0 aromatic rings. The first-order valence-corrected chi connectivity index (χ1v) is 8.86. The SMILES string of the molecule is C=CCCC(O)CC[C@H]1O[C@@H]2OC(C)(C)O[C@@H]2[C@H]2OC(C)(C)O[C@H]21. The Morgan fingerprint density at radius 3 is 2.29 bits per heavy atom. The van der Waals surface area contributed by atoms with Gasteiger partial charge in [-0.3, -0.25) is 0 Å². The van der Waals surface area contributed by atoms with Crippen molar-refractivity contribution in [2.45, 2.75) is 102 Å². The van der Waals surface area contributed by atoms with Gasteiger partial charge in [0, 0.05) is 0 Å². The third kappa shape index (κ3) is 3.84. The second-order valence-corrected chi connectivity index (χ2v) is 7.81. The highest BCUT2D eigenvalue weighted by atomic mass is 16.9. The van der Waals surface area contributed by atoms with E-state index >= 15 is 0 Å². The number of hydrogen-bond donors (Lipinski definition) is 1. The quantitative estimate of drug-likeness (QED) is 0.748. The van der Waals surface area contributed by atoms with Gasteiger partial charge in [0.05, 0.1) is 12.2 Å². The maximum atomic E-state index is 10.1. The molecular weight excluding hydrogens is 312 g/mol. The molecule has 6 atom stereocenters. The normalized spacial score (nSPS) is 40.8. The minimum Gasteiger partial charge on any atom is -0.393 e. The standard InChI is InChI=1S/C18H30O6/c1-6-7-8-11(19)9-10-12-13-14(22-17(2,3)21-13)15-16(20-12)24-18(4,5)23-15/h6,11-16,19H,1,7-10H2,2-5H3/t11?,12-,13+,14+,15-,16-/m1/s1. The topological polar surface area (TPSA) is 66.4 Å². The third-order valence-electron chi connectivity index (χ3n) is 4.74. The van der Waals surface area contributed by atoms with Crippen LogP contribution in [0.15, 0.2) is 12.7 Å². The molecule has 3 rings (SSSR count). The summed E-state index contributed by atoms with van der Waals surface area (Å²) in [6.07, 6.45) is 2.92. The largest absolute Gasteiger partial charge is 0.393 e. The molecule has 138 valence electrons. The Labute approximate surface area is 144 Å². The highest BCUT2D eigenvalue weighted by molar-refractivity contribution is 5.00. The number of aliphatic hydroxyl groups excluding tert-OH is 1. The van der Waals surface area contributed by atoms with Gasteiger partial charge in [-0.25, -0.2) is 0 Å². The fourth-order valence-electron chi connectivity index (χ4n) is 3.74. The zero-order valence-corrected chi connectivity index (χ0v) is 15.1. The summed E-state index contributed by atoms with van der Waals surface area (Å²) in [5, 5.41) is 10.1. The molecule has 1 unspecified atom stereocenters. The number of fused-ring (bicyclic) bond motifs is 3. The number of allylic oxidation sites excluding steroid dienone is 1. The second kappa shape index (κ2) is 6.67. The Hall–Kier alpha value is -0.500. The first kappa shape index (κ1) is 18.3. The molecule has 3 aliphatic heterocycles. The third-order valence-corrected chi connectivity index (χ3v) is 4.74. The molecule has 6 nitrogen and oxygen atoms in total. The Morgan fingerprint density at radius 2 is 1.58 bits per heavy atom. The molecular formula is C18H30O6. The van der Waals surface area contributed by atoms with Crippen molar-refractivity contribution >= 4 is 0 Å². The van der Waals surface area contributed by atoms with Crippen LogP contribution in [0.3, 0.4) is 0 Å². The van der Waals surface area contributed by atoms with Gasteiger partial charge in [0.1, 0.15) is 18.3 Å². The van der Waals surface area contributed by atoms with Gasteiger partial charge in [-0.2, -0.15) is 0 Å². The number of hydrogen-bond acceptors (Lipinski definition) is 6. The van der Waals surface area contributed by atoms with E-state index in [0.29, 0.717) is 19.3 Å². The minimum absolute atomic E-state index is 0.186. The van der Waals surface area contributed by atoms with Gasteiger partial charge in [0.25, 0.3) is 0 Å². The molecule has 3 saturated heterocycles. The van der Waals surface area contributed by atoms with E-state index in [0.717, 1.165) is 6.42 Å². The van der Waals surface area contributed by atoms with Crippen molar-refractivity contribution < 1.29 is 28.8 Å². The van der Waals surface area contributed by atoms with Gasteiger partial charge in [-0.1, -0.05) is 6.08 Å². The van der Waals surface area contributed by atoms with E-state index in [-0.39, 0.29) is 30.5 Å². The summed E-state index contributed by atoms with van der Waals surface area (Å²) in [5.41, 5.74) is 0. The van der Waals surface area contributed by atoms with Crippen molar-refractivity contribution in [3.63, 3.8) is 0 Å². The highest BCUT2D eigenvalue weighted by Crippen LogP contribution is 2.44. The average molecular weight is 342 g/mol. The van der Waals surface area contributed by atoms with Crippen LogP contribution in [0, 0.1) is 0 Å². The lowest BCUT2D eigenvalue weighted by atomic mass is 9.94. The molecule has 3 heterocycles. The molecule has 0 aromatic heterocycles. The van der Waals surface area contributed by atoms with E-state index in [1.807, 2.05) is 33.8 Å². The molecule has 3 fully saturated rings. The van der Waals surface area contributed by atoms with Crippen LogP contribution in [0.4, 0.5) is 0 Å². The fourth-order valence-corrected chi connectivity index (χ4v) is 3.74. The first-order valence-electron chi connectivity index (χ1n) is 8.86. The van der Waals surface area contributed by atoms with Crippen LogP contribution in [-0.2, 0) is 23.7 Å². The monoisotopic (exact) mass is 342 g/mol. The van der Waals surface area contributed by atoms with Gasteiger partial charge in [0.15, 0.2) is 17.9 Å². The summed E-state index contributed by atoms with van der Waals surface area (Å²) in [6, 6.07) is 0. The molecule has 3 aliphatic rings. The highest BCUT2D eigenvalue weighted by Gasteiger charge is 2.60. The Balaban J connectivity index is 1.67. The Kier molecular flexibility index (Phi) is 5.08. The lowest BCUT2D eigenvalue weighted by Gasteiger charge is -2.37. The smallest absolute Gasteiger partial charge is 0.190 e. The summed E-state index contributed by atoms with van der Waals surface area (Å²) >= 11 is 0. The molecule has 1 N–H and O–H groups in total. The lowest BCUT2D eigenvalue weighted by Crippen LogP contribution is -2.55. The molecule has 0 aromatic carbocycles. The van der Waals surface area contributed by atoms with Crippen LogP contribution in [0.25, 0.3) is 0 Å². The van der Waals surface area contributed by atoms with Crippen molar-refractivity contribution in [3.05, 3.63) is 12.7 Å². The van der Waals surface area contributed by atoms with Crippen LogP contribution >= 0.6 is 0 Å². The maximum Gasteiger partial charge on any atom is 0.190 e. The van der Waals surface area contributed by atoms with Gasteiger partial charge < -0.3 is 28.8 Å². The number of rotatable bonds is 6. The number of ether oxygens (including phenoxy) is 5. The first-order chi connectivity index (χ1) is 11.2.